The van der Waals surface area contributed by atoms with Crippen LogP contribution < -0.4 is 10.2 Å². The molecule has 0 unspecified atom stereocenters. The van der Waals surface area contributed by atoms with Crippen LogP contribution >= 0.6 is 0 Å². The summed E-state index contributed by atoms with van der Waals surface area (Å²) in [7, 11) is 0. The minimum absolute atomic E-state index is 0.139. The SMILES string of the molecule is CC(C)(C)NCCN1CCc2ccc(F)cc21. The normalized spacial score (nSPS) is 15.2. The van der Waals surface area contributed by atoms with Gasteiger partial charge in [0.05, 0.1) is 0 Å². The monoisotopic (exact) mass is 236 g/mol. The smallest absolute Gasteiger partial charge is 0.125 e. The molecule has 1 heterocycles. The van der Waals surface area contributed by atoms with Crippen LogP contribution in [0.25, 0.3) is 0 Å². The van der Waals surface area contributed by atoms with Crippen LogP contribution in [0.15, 0.2) is 18.2 Å². The second kappa shape index (κ2) is 4.65. The molecule has 94 valence electrons. The average Bonchev–Trinajstić information content (AvgIpc) is 2.59. The third-order valence-electron chi connectivity index (χ3n) is 3.08. The predicted molar refractivity (Wildman–Crippen MR) is 70.1 cm³/mol. The van der Waals surface area contributed by atoms with Crippen molar-refractivity contribution in [3.8, 4) is 0 Å². The molecule has 0 amide bonds. The highest BCUT2D eigenvalue weighted by molar-refractivity contribution is 5.58. The third kappa shape index (κ3) is 3.19. The first-order valence-electron chi connectivity index (χ1n) is 6.24. The Labute approximate surface area is 103 Å². The molecular formula is C14H21FN2. The van der Waals surface area contributed by atoms with Crippen molar-refractivity contribution in [1.82, 2.24) is 5.32 Å². The molecule has 1 aliphatic heterocycles. The molecule has 1 aromatic carbocycles. The molecule has 0 aliphatic carbocycles. The molecule has 3 heteroatoms. The Morgan fingerprint density at radius 2 is 2.12 bits per heavy atom. The predicted octanol–water partition coefficient (Wildman–Crippen LogP) is 2.58. The van der Waals surface area contributed by atoms with Gasteiger partial charge >= 0.3 is 0 Å². The Bertz CT molecular complexity index is 396. The van der Waals surface area contributed by atoms with E-state index < -0.39 is 0 Å². The first kappa shape index (κ1) is 12.4. The fraction of sp³-hybridized carbons (Fsp3) is 0.571. The van der Waals surface area contributed by atoms with Gasteiger partial charge in [0.2, 0.25) is 0 Å². The Morgan fingerprint density at radius 3 is 2.82 bits per heavy atom. The fourth-order valence-electron chi connectivity index (χ4n) is 2.22. The van der Waals surface area contributed by atoms with Gasteiger partial charge in [0.1, 0.15) is 5.82 Å². The summed E-state index contributed by atoms with van der Waals surface area (Å²) in [6.07, 6.45) is 1.03. The standard InChI is InChI=1S/C14H21FN2/c1-14(2,3)16-7-9-17-8-6-11-4-5-12(15)10-13(11)17/h4-5,10,16H,6-9H2,1-3H3. The highest BCUT2D eigenvalue weighted by atomic mass is 19.1. The average molecular weight is 236 g/mol. The van der Waals surface area contributed by atoms with Crippen molar-refractivity contribution in [2.75, 3.05) is 24.5 Å². The minimum Gasteiger partial charge on any atom is -0.370 e. The van der Waals surface area contributed by atoms with Crippen LogP contribution in [0.3, 0.4) is 0 Å². The molecule has 2 nitrogen and oxygen atoms in total. The number of hydrogen-bond donors (Lipinski definition) is 1. The molecule has 0 bridgehead atoms. The van der Waals surface area contributed by atoms with E-state index in [9.17, 15) is 4.39 Å². The van der Waals surface area contributed by atoms with E-state index in [4.69, 9.17) is 0 Å². The quantitative estimate of drug-likeness (QED) is 0.867. The van der Waals surface area contributed by atoms with Crippen molar-refractivity contribution in [2.45, 2.75) is 32.7 Å². The van der Waals surface area contributed by atoms with Crippen molar-refractivity contribution in [2.24, 2.45) is 0 Å². The van der Waals surface area contributed by atoms with E-state index in [0.29, 0.717) is 0 Å². The topological polar surface area (TPSA) is 15.3 Å². The van der Waals surface area contributed by atoms with Gasteiger partial charge in [-0.1, -0.05) is 6.07 Å². The molecule has 1 aliphatic rings. The molecule has 1 N–H and O–H groups in total. The summed E-state index contributed by atoms with van der Waals surface area (Å²) in [5.41, 5.74) is 2.48. The van der Waals surface area contributed by atoms with Crippen molar-refractivity contribution >= 4 is 5.69 Å². The number of halogens is 1. The maximum absolute atomic E-state index is 13.2. The molecule has 0 radical (unpaired) electrons. The molecule has 0 fully saturated rings. The lowest BCUT2D eigenvalue weighted by molar-refractivity contribution is 0.430. The van der Waals surface area contributed by atoms with E-state index in [2.05, 4.69) is 31.0 Å². The number of hydrogen-bond acceptors (Lipinski definition) is 2. The van der Waals surface area contributed by atoms with Crippen molar-refractivity contribution < 1.29 is 4.39 Å². The Morgan fingerprint density at radius 1 is 1.35 bits per heavy atom. The third-order valence-corrected chi connectivity index (χ3v) is 3.08. The Hall–Kier alpha value is -1.09. The summed E-state index contributed by atoms with van der Waals surface area (Å²) in [6, 6.07) is 5.11. The summed E-state index contributed by atoms with van der Waals surface area (Å²) < 4.78 is 13.2. The molecule has 0 atom stereocenters. The number of fused-ring (bicyclic) bond motifs is 1. The zero-order valence-electron chi connectivity index (χ0n) is 10.9. The molecule has 2 rings (SSSR count). The maximum Gasteiger partial charge on any atom is 0.125 e. The first-order valence-corrected chi connectivity index (χ1v) is 6.24. The summed E-state index contributed by atoms with van der Waals surface area (Å²) in [5, 5.41) is 3.46. The zero-order chi connectivity index (χ0) is 12.5. The number of anilines is 1. The van der Waals surface area contributed by atoms with Gasteiger partial charge in [-0.15, -0.1) is 0 Å². The van der Waals surface area contributed by atoms with Crippen molar-refractivity contribution in [3.05, 3.63) is 29.6 Å². The van der Waals surface area contributed by atoms with Gasteiger partial charge in [0, 0.05) is 30.9 Å². The molecule has 0 aromatic heterocycles. The van der Waals surface area contributed by atoms with Gasteiger partial charge in [-0.2, -0.15) is 0 Å². The molecule has 0 saturated carbocycles. The first-order chi connectivity index (χ1) is 7.96. The van der Waals surface area contributed by atoms with Gasteiger partial charge in [0.25, 0.3) is 0 Å². The van der Waals surface area contributed by atoms with Crippen molar-refractivity contribution in [1.29, 1.82) is 0 Å². The van der Waals surface area contributed by atoms with Crippen LogP contribution in [0, 0.1) is 5.82 Å². The minimum atomic E-state index is -0.139. The highest BCUT2D eigenvalue weighted by Gasteiger charge is 2.19. The second-order valence-corrected chi connectivity index (χ2v) is 5.69. The summed E-state index contributed by atoms with van der Waals surface area (Å²) in [5.74, 6) is -0.139. The zero-order valence-corrected chi connectivity index (χ0v) is 10.9. The summed E-state index contributed by atoms with van der Waals surface area (Å²) in [4.78, 5) is 2.26. The van der Waals surface area contributed by atoms with E-state index in [1.807, 2.05) is 6.07 Å². The van der Waals surface area contributed by atoms with Crippen LogP contribution in [-0.4, -0.2) is 25.2 Å². The van der Waals surface area contributed by atoms with Gasteiger partial charge < -0.3 is 10.2 Å². The molecule has 0 saturated heterocycles. The fourth-order valence-corrected chi connectivity index (χ4v) is 2.22. The highest BCUT2D eigenvalue weighted by Crippen LogP contribution is 2.28. The molecule has 17 heavy (non-hydrogen) atoms. The van der Waals surface area contributed by atoms with E-state index in [-0.39, 0.29) is 11.4 Å². The lowest BCUT2D eigenvalue weighted by Gasteiger charge is -2.24. The lowest BCUT2D eigenvalue weighted by atomic mass is 10.1. The van der Waals surface area contributed by atoms with Crippen LogP contribution in [0.5, 0.6) is 0 Å². The van der Waals surface area contributed by atoms with Gasteiger partial charge in [-0.3, -0.25) is 0 Å². The second-order valence-electron chi connectivity index (χ2n) is 5.69. The van der Waals surface area contributed by atoms with E-state index in [0.717, 1.165) is 31.7 Å². The Balaban J connectivity index is 1.95. The van der Waals surface area contributed by atoms with Crippen LogP contribution in [0.4, 0.5) is 10.1 Å². The van der Waals surface area contributed by atoms with E-state index >= 15 is 0 Å². The molecule has 1 aromatic rings. The number of nitrogens with one attached hydrogen (secondary N) is 1. The van der Waals surface area contributed by atoms with E-state index in [1.54, 1.807) is 12.1 Å². The molecular weight excluding hydrogens is 215 g/mol. The van der Waals surface area contributed by atoms with Crippen molar-refractivity contribution in [3.63, 3.8) is 0 Å². The number of nitrogens with zero attached hydrogens (tertiary/aromatic N) is 1. The molecule has 0 spiro atoms. The van der Waals surface area contributed by atoms with Crippen LogP contribution in [-0.2, 0) is 6.42 Å². The summed E-state index contributed by atoms with van der Waals surface area (Å²) in [6.45, 7) is 9.34. The van der Waals surface area contributed by atoms with Gasteiger partial charge in [-0.05, 0) is 44.9 Å². The van der Waals surface area contributed by atoms with Crippen LogP contribution in [0.1, 0.15) is 26.3 Å². The number of benzene rings is 1. The van der Waals surface area contributed by atoms with Gasteiger partial charge in [-0.25, -0.2) is 4.39 Å². The number of rotatable bonds is 3. The van der Waals surface area contributed by atoms with Gasteiger partial charge in [0.15, 0.2) is 0 Å². The lowest BCUT2D eigenvalue weighted by Crippen LogP contribution is -2.41. The Kier molecular flexibility index (Phi) is 3.38. The van der Waals surface area contributed by atoms with Crippen LogP contribution in [0.2, 0.25) is 0 Å². The largest absolute Gasteiger partial charge is 0.370 e. The maximum atomic E-state index is 13.2. The van der Waals surface area contributed by atoms with E-state index in [1.165, 1.54) is 5.56 Å². The summed E-state index contributed by atoms with van der Waals surface area (Å²) >= 11 is 0.